The second-order valence-electron chi connectivity index (χ2n) is 16.6. The van der Waals surface area contributed by atoms with Gasteiger partial charge in [0, 0.05) is 67.2 Å². The molecule has 1 aromatic heterocycles. The predicted octanol–water partition coefficient (Wildman–Crippen LogP) is 5.58. The maximum atomic E-state index is 15.1. The smallest absolute Gasteiger partial charge is 0.264 e. The van der Waals surface area contributed by atoms with Crippen molar-refractivity contribution < 1.29 is 27.5 Å². The van der Waals surface area contributed by atoms with Crippen LogP contribution in [0, 0.1) is 5.41 Å². The molecule has 2 aromatic carbocycles. The van der Waals surface area contributed by atoms with Gasteiger partial charge in [0.25, 0.3) is 5.91 Å². The second-order valence-corrected chi connectivity index (χ2v) is 18.8. The van der Waals surface area contributed by atoms with Crippen LogP contribution in [-0.2, 0) is 26.1 Å². The van der Waals surface area contributed by atoms with E-state index in [0.717, 1.165) is 126 Å². The molecule has 12 heteroatoms. The molecule has 8 rings (SSSR count). The van der Waals surface area contributed by atoms with E-state index in [-0.39, 0.29) is 11.8 Å². The van der Waals surface area contributed by atoms with Crippen molar-refractivity contribution in [3.63, 3.8) is 0 Å². The molecule has 4 fully saturated rings. The zero-order valence-electron chi connectivity index (χ0n) is 32.3. The van der Waals surface area contributed by atoms with Gasteiger partial charge in [0.2, 0.25) is 15.9 Å². The lowest BCUT2D eigenvalue weighted by atomic mass is 9.81. The number of rotatable bonds is 10. The van der Waals surface area contributed by atoms with Crippen molar-refractivity contribution in [1.29, 1.82) is 0 Å². The molecular weight excluding hydrogens is 703 g/mol. The highest BCUT2D eigenvalue weighted by molar-refractivity contribution is 7.90. The average Bonchev–Trinajstić information content (AvgIpc) is 3.91. The topological polar surface area (TPSA) is 113 Å². The van der Waals surface area contributed by atoms with Crippen LogP contribution in [-0.4, -0.2) is 117 Å². The van der Waals surface area contributed by atoms with Gasteiger partial charge in [-0.25, -0.2) is 13.1 Å². The lowest BCUT2D eigenvalue weighted by molar-refractivity contribution is -0.137. The highest BCUT2D eigenvalue weighted by atomic mass is 32.2. The number of nitrogens with one attached hydrogen (secondary N) is 1. The Labute approximate surface area is 320 Å². The Morgan fingerprint density at radius 3 is 2.43 bits per heavy atom. The van der Waals surface area contributed by atoms with E-state index in [1.165, 1.54) is 30.4 Å². The first kappa shape index (κ1) is 37.5. The van der Waals surface area contributed by atoms with E-state index in [1.54, 1.807) is 27.0 Å². The van der Waals surface area contributed by atoms with Crippen molar-refractivity contribution in [2.45, 2.75) is 88.8 Å². The van der Waals surface area contributed by atoms with Crippen LogP contribution >= 0.6 is 0 Å². The monoisotopic (exact) mass is 759 g/mol. The summed E-state index contributed by atoms with van der Waals surface area (Å²) < 4.78 is 41.4. The van der Waals surface area contributed by atoms with Crippen molar-refractivity contribution in [1.82, 2.24) is 24.0 Å². The summed E-state index contributed by atoms with van der Waals surface area (Å²) in [7, 11) is -2.11. The summed E-state index contributed by atoms with van der Waals surface area (Å²) in [5.41, 5.74) is 5.32. The van der Waals surface area contributed by atoms with Crippen molar-refractivity contribution >= 4 is 32.7 Å². The Morgan fingerprint density at radius 2 is 1.69 bits per heavy atom. The third kappa shape index (κ3) is 7.08. The Hall–Kier alpha value is -3.45. The number of ether oxygens (including phenoxy) is 2. The summed E-state index contributed by atoms with van der Waals surface area (Å²) in [4.78, 5) is 35.7. The Balaban J connectivity index is 1.15. The van der Waals surface area contributed by atoms with E-state index in [0.29, 0.717) is 18.0 Å². The second kappa shape index (κ2) is 15.2. The summed E-state index contributed by atoms with van der Waals surface area (Å²) in [6.45, 7) is 12.8. The summed E-state index contributed by atoms with van der Waals surface area (Å²) in [5, 5.41) is 0.353. The zero-order chi connectivity index (χ0) is 37.6. The van der Waals surface area contributed by atoms with Gasteiger partial charge in [-0.15, -0.1) is 0 Å². The average molecular weight is 760 g/mol. The van der Waals surface area contributed by atoms with Gasteiger partial charge in [-0.05, 0) is 113 Å². The van der Waals surface area contributed by atoms with Gasteiger partial charge >= 0.3 is 0 Å². The highest BCUT2D eigenvalue weighted by Gasteiger charge is 2.64. The molecule has 0 radical (unpaired) electrons. The number of carbonyl (C=O) groups is 2. The first-order valence-corrected chi connectivity index (χ1v) is 21.9. The number of methoxy groups -OCH3 is 1. The Morgan fingerprint density at radius 1 is 0.926 bits per heavy atom. The minimum atomic E-state index is -3.81. The SMILES string of the molecule is COc1ccc2c(c1)[C@@H]1C[C@]1(C(=O)N1CCCN(CCCN3CCOCC3)CC1)Cn1c-2c(C2CCCCC2)c2ccc(C(=O)NS(=O)(=O)C(C)C)cc21. The summed E-state index contributed by atoms with van der Waals surface area (Å²) in [6.07, 6.45) is 8.59. The molecule has 2 saturated heterocycles. The number of hydrogen-bond donors (Lipinski definition) is 1. The third-order valence-corrected chi connectivity index (χ3v) is 14.7. The number of aromatic nitrogens is 1. The maximum absolute atomic E-state index is 15.1. The summed E-state index contributed by atoms with van der Waals surface area (Å²) in [5.74, 6) is 0.795. The number of morpholine rings is 1. The van der Waals surface area contributed by atoms with E-state index < -0.39 is 26.6 Å². The van der Waals surface area contributed by atoms with Crippen LogP contribution in [0.4, 0.5) is 0 Å². The predicted molar refractivity (Wildman–Crippen MR) is 211 cm³/mol. The lowest BCUT2D eigenvalue weighted by Gasteiger charge is -2.29. The summed E-state index contributed by atoms with van der Waals surface area (Å²) in [6, 6.07) is 12.0. The van der Waals surface area contributed by atoms with Crippen molar-refractivity contribution in [2.75, 3.05) is 72.7 Å². The fraction of sp³-hybridized carbons (Fsp3) is 0.619. The first-order chi connectivity index (χ1) is 26.1. The van der Waals surface area contributed by atoms with E-state index in [9.17, 15) is 13.2 Å². The van der Waals surface area contributed by atoms with Crippen LogP contribution in [0.25, 0.3) is 22.2 Å². The van der Waals surface area contributed by atoms with Crippen LogP contribution in [0.2, 0.25) is 0 Å². The van der Waals surface area contributed by atoms with Gasteiger partial charge in [0.1, 0.15) is 5.75 Å². The van der Waals surface area contributed by atoms with E-state index in [1.807, 2.05) is 18.2 Å². The van der Waals surface area contributed by atoms with Gasteiger partial charge < -0.3 is 23.8 Å². The lowest BCUT2D eigenvalue weighted by Crippen LogP contribution is -2.42. The molecule has 2 amide bonds. The molecule has 2 atom stereocenters. The maximum Gasteiger partial charge on any atom is 0.264 e. The number of nitrogens with zero attached hydrogens (tertiary/aromatic N) is 4. The minimum absolute atomic E-state index is 0.0554. The molecule has 11 nitrogen and oxygen atoms in total. The molecular formula is C42H57N5O6S. The first-order valence-electron chi connectivity index (χ1n) is 20.3. The van der Waals surface area contributed by atoms with E-state index >= 15 is 4.79 Å². The molecule has 2 aliphatic carbocycles. The number of hydrogen-bond acceptors (Lipinski definition) is 8. The highest BCUT2D eigenvalue weighted by Crippen LogP contribution is 2.66. The number of fused-ring (bicyclic) bond motifs is 7. The van der Waals surface area contributed by atoms with Gasteiger partial charge in [-0.2, -0.15) is 0 Å². The zero-order valence-corrected chi connectivity index (χ0v) is 33.1. The van der Waals surface area contributed by atoms with Crippen LogP contribution in [0.5, 0.6) is 5.75 Å². The number of benzene rings is 2. The molecule has 0 bridgehead atoms. The molecule has 292 valence electrons. The molecule has 1 N–H and O–H groups in total. The fourth-order valence-electron chi connectivity index (χ4n) is 9.78. The molecule has 2 saturated carbocycles. The van der Waals surface area contributed by atoms with Gasteiger partial charge in [-0.3, -0.25) is 14.5 Å². The largest absolute Gasteiger partial charge is 0.497 e. The molecule has 54 heavy (non-hydrogen) atoms. The molecule has 0 unspecified atom stereocenters. The van der Waals surface area contributed by atoms with E-state index in [4.69, 9.17) is 9.47 Å². The van der Waals surface area contributed by atoms with Gasteiger partial charge in [-0.1, -0.05) is 25.3 Å². The van der Waals surface area contributed by atoms with Crippen LogP contribution < -0.4 is 9.46 Å². The van der Waals surface area contributed by atoms with Crippen molar-refractivity contribution in [2.24, 2.45) is 5.41 Å². The fourth-order valence-corrected chi connectivity index (χ4v) is 10.4. The third-order valence-electron chi connectivity index (χ3n) is 13.0. The number of amides is 2. The van der Waals surface area contributed by atoms with Crippen LogP contribution in [0.15, 0.2) is 36.4 Å². The van der Waals surface area contributed by atoms with Crippen LogP contribution in [0.1, 0.15) is 98.5 Å². The van der Waals surface area contributed by atoms with Crippen molar-refractivity contribution in [3.05, 3.63) is 53.1 Å². The van der Waals surface area contributed by atoms with Gasteiger partial charge in [0.05, 0.1) is 36.7 Å². The molecule has 3 aromatic rings. The molecule has 0 spiro atoms. The standard InChI is InChI=1S/C42H57N5O6S/c1-29(2)54(50,51)43-40(48)31-11-13-34-37(25-31)47-28-42(41(49)46-18-8-17-44(19-20-46)15-7-16-45-21-23-53-24-22-45)27-36(42)35-26-32(52-3)12-14-33(35)39(47)38(34)30-9-5-4-6-10-30/h11-14,25-26,29-30,36H,4-10,15-24,27-28H2,1-3H3,(H,43,48)/t36-,42-/m0/s1. The summed E-state index contributed by atoms with van der Waals surface area (Å²) >= 11 is 0. The molecule has 3 aliphatic heterocycles. The molecule has 5 aliphatic rings. The van der Waals surface area contributed by atoms with E-state index in [2.05, 4.69) is 36.1 Å². The quantitative estimate of drug-likeness (QED) is 0.286. The number of sulfonamides is 1. The normalized spacial score (nSPS) is 24.0. The van der Waals surface area contributed by atoms with Gasteiger partial charge in [0.15, 0.2) is 0 Å². The molecule has 4 heterocycles. The Kier molecular flexibility index (Phi) is 10.6. The van der Waals surface area contributed by atoms with Crippen molar-refractivity contribution in [3.8, 4) is 17.0 Å². The Bertz CT molecular complexity index is 2000. The van der Waals surface area contributed by atoms with Crippen LogP contribution in [0.3, 0.4) is 0 Å². The minimum Gasteiger partial charge on any atom is -0.497 e. The number of carbonyl (C=O) groups excluding carboxylic acids is 2.